The van der Waals surface area contributed by atoms with Gasteiger partial charge in [-0.05, 0) is 24.5 Å². The van der Waals surface area contributed by atoms with Crippen LogP contribution in [0.2, 0.25) is 0 Å². The van der Waals surface area contributed by atoms with Gasteiger partial charge in [0.15, 0.2) is 0 Å². The summed E-state index contributed by atoms with van der Waals surface area (Å²) in [5, 5.41) is 8.94. The number of piperidine rings is 1. The molecule has 2 atom stereocenters. The van der Waals surface area contributed by atoms with Crippen LogP contribution in [0.25, 0.3) is 0 Å². The van der Waals surface area contributed by atoms with Crippen LogP contribution >= 0.6 is 0 Å². The third kappa shape index (κ3) is 2.61. The summed E-state index contributed by atoms with van der Waals surface area (Å²) in [7, 11) is 0. The van der Waals surface area contributed by atoms with E-state index in [1.54, 1.807) is 0 Å². The van der Waals surface area contributed by atoms with Crippen molar-refractivity contribution in [3.63, 3.8) is 0 Å². The molecular formula is C15H19N3O2. The summed E-state index contributed by atoms with van der Waals surface area (Å²) in [5.41, 5.74) is 2.30. The molecule has 3 rings (SSSR count). The molecule has 0 bridgehead atoms. The first kappa shape index (κ1) is 13.0. The molecule has 0 spiro atoms. The molecule has 0 radical (unpaired) electrons. The zero-order valence-corrected chi connectivity index (χ0v) is 11.3. The topological polar surface area (TPSA) is 70.2 Å². The van der Waals surface area contributed by atoms with Gasteiger partial charge < -0.3 is 16.0 Å². The molecule has 5 nitrogen and oxygen atoms in total. The van der Waals surface area contributed by atoms with E-state index in [9.17, 15) is 9.59 Å². The van der Waals surface area contributed by atoms with E-state index in [0.29, 0.717) is 13.0 Å². The van der Waals surface area contributed by atoms with Crippen LogP contribution in [0.4, 0.5) is 5.69 Å². The Balaban J connectivity index is 1.59. The number of fused-ring (bicyclic) bond motifs is 1. The highest BCUT2D eigenvalue weighted by Crippen LogP contribution is 2.33. The lowest BCUT2D eigenvalue weighted by Gasteiger charge is -2.23. The van der Waals surface area contributed by atoms with Crippen molar-refractivity contribution in [3.05, 3.63) is 29.8 Å². The van der Waals surface area contributed by atoms with Crippen LogP contribution in [0, 0.1) is 0 Å². The van der Waals surface area contributed by atoms with Gasteiger partial charge in [-0.2, -0.15) is 0 Å². The highest BCUT2D eigenvalue weighted by Gasteiger charge is 2.27. The normalized spacial score (nSPS) is 24.5. The van der Waals surface area contributed by atoms with Crippen LogP contribution in [0.5, 0.6) is 0 Å². The van der Waals surface area contributed by atoms with Crippen molar-refractivity contribution < 1.29 is 9.59 Å². The number of hydrogen-bond donors (Lipinski definition) is 3. The molecule has 20 heavy (non-hydrogen) atoms. The molecule has 0 saturated carbocycles. The second-order valence-electron chi connectivity index (χ2n) is 5.42. The summed E-state index contributed by atoms with van der Waals surface area (Å²) in [6.45, 7) is 1.49. The van der Waals surface area contributed by atoms with Crippen LogP contribution < -0.4 is 16.0 Å². The van der Waals surface area contributed by atoms with Crippen LogP contribution in [0.1, 0.15) is 30.7 Å². The highest BCUT2D eigenvalue weighted by molar-refractivity contribution is 5.88. The van der Waals surface area contributed by atoms with Gasteiger partial charge in [-0.25, -0.2) is 0 Å². The molecule has 2 aliphatic rings. The molecule has 0 aliphatic carbocycles. The van der Waals surface area contributed by atoms with Crippen molar-refractivity contribution >= 4 is 17.5 Å². The molecular weight excluding hydrogens is 254 g/mol. The Morgan fingerprint density at radius 1 is 1.30 bits per heavy atom. The predicted octanol–water partition coefficient (Wildman–Crippen LogP) is 0.981. The van der Waals surface area contributed by atoms with E-state index in [-0.39, 0.29) is 23.8 Å². The minimum atomic E-state index is -0.360. The molecule has 0 aromatic heterocycles. The van der Waals surface area contributed by atoms with E-state index in [1.807, 2.05) is 18.2 Å². The van der Waals surface area contributed by atoms with Crippen molar-refractivity contribution in [2.24, 2.45) is 0 Å². The first-order valence-electron chi connectivity index (χ1n) is 7.14. The Morgan fingerprint density at radius 3 is 3.00 bits per heavy atom. The quantitative estimate of drug-likeness (QED) is 0.769. The number of carbonyl (C=O) groups is 2. The second kappa shape index (κ2) is 5.53. The number of benzene rings is 1. The molecule has 2 unspecified atom stereocenters. The van der Waals surface area contributed by atoms with Crippen LogP contribution in [0.15, 0.2) is 24.3 Å². The predicted molar refractivity (Wildman–Crippen MR) is 76.5 cm³/mol. The van der Waals surface area contributed by atoms with Crippen LogP contribution in [-0.4, -0.2) is 30.9 Å². The zero-order valence-electron chi connectivity index (χ0n) is 11.3. The number of amides is 2. The molecule has 1 fully saturated rings. The fourth-order valence-electron chi connectivity index (χ4n) is 2.93. The van der Waals surface area contributed by atoms with Gasteiger partial charge in [-0.15, -0.1) is 0 Å². The monoisotopic (exact) mass is 273 g/mol. The Labute approximate surface area is 118 Å². The number of para-hydroxylation sites is 1. The first-order chi connectivity index (χ1) is 9.74. The van der Waals surface area contributed by atoms with Crippen LogP contribution in [0.3, 0.4) is 0 Å². The van der Waals surface area contributed by atoms with E-state index < -0.39 is 0 Å². The Bertz CT molecular complexity index is 530. The van der Waals surface area contributed by atoms with E-state index in [2.05, 4.69) is 22.0 Å². The fraction of sp³-hybridized carbons (Fsp3) is 0.467. The second-order valence-corrected chi connectivity index (χ2v) is 5.42. The minimum Gasteiger partial charge on any atom is -0.384 e. The maximum absolute atomic E-state index is 12.1. The number of rotatable bonds is 3. The lowest BCUT2D eigenvalue weighted by Crippen LogP contribution is -2.50. The number of anilines is 1. The van der Waals surface area contributed by atoms with Gasteiger partial charge in [0, 0.05) is 31.1 Å². The summed E-state index contributed by atoms with van der Waals surface area (Å²) in [6.07, 6.45) is 2.08. The summed E-state index contributed by atoms with van der Waals surface area (Å²) >= 11 is 0. The Morgan fingerprint density at radius 2 is 2.15 bits per heavy atom. The average Bonchev–Trinajstić information content (AvgIpc) is 2.85. The molecule has 1 saturated heterocycles. The summed E-state index contributed by atoms with van der Waals surface area (Å²) in [5.74, 6) is 0.0861. The summed E-state index contributed by atoms with van der Waals surface area (Å²) in [4.78, 5) is 23.7. The average molecular weight is 273 g/mol. The molecule has 5 heteroatoms. The molecule has 1 aromatic rings. The van der Waals surface area contributed by atoms with Gasteiger partial charge in [0.1, 0.15) is 6.04 Å². The number of nitrogens with one attached hydrogen (secondary N) is 3. The molecule has 2 aliphatic heterocycles. The SMILES string of the molecule is O=C(CC1CNc2ccccc21)NC1CCCNC1=O. The highest BCUT2D eigenvalue weighted by atomic mass is 16.2. The largest absolute Gasteiger partial charge is 0.384 e. The lowest BCUT2D eigenvalue weighted by atomic mass is 9.97. The maximum Gasteiger partial charge on any atom is 0.242 e. The minimum absolute atomic E-state index is 0.0458. The molecule has 2 heterocycles. The van der Waals surface area contributed by atoms with Gasteiger partial charge in [0.05, 0.1) is 0 Å². The molecule has 2 amide bonds. The van der Waals surface area contributed by atoms with Gasteiger partial charge in [0.2, 0.25) is 11.8 Å². The van der Waals surface area contributed by atoms with E-state index in [1.165, 1.54) is 5.56 Å². The lowest BCUT2D eigenvalue weighted by molar-refractivity contribution is -0.130. The van der Waals surface area contributed by atoms with E-state index >= 15 is 0 Å². The van der Waals surface area contributed by atoms with Crippen molar-refractivity contribution in [1.82, 2.24) is 10.6 Å². The van der Waals surface area contributed by atoms with Gasteiger partial charge >= 0.3 is 0 Å². The van der Waals surface area contributed by atoms with Crippen molar-refractivity contribution in [2.75, 3.05) is 18.4 Å². The number of carbonyl (C=O) groups excluding carboxylic acids is 2. The number of hydrogen-bond acceptors (Lipinski definition) is 3. The first-order valence-corrected chi connectivity index (χ1v) is 7.14. The molecule has 106 valence electrons. The van der Waals surface area contributed by atoms with E-state index in [4.69, 9.17) is 0 Å². The van der Waals surface area contributed by atoms with Crippen molar-refractivity contribution in [3.8, 4) is 0 Å². The maximum atomic E-state index is 12.1. The van der Waals surface area contributed by atoms with Crippen molar-refractivity contribution in [2.45, 2.75) is 31.2 Å². The Kier molecular flexibility index (Phi) is 3.58. The van der Waals surface area contributed by atoms with Gasteiger partial charge in [-0.3, -0.25) is 9.59 Å². The third-order valence-electron chi connectivity index (χ3n) is 3.99. The van der Waals surface area contributed by atoms with Gasteiger partial charge in [-0.1, -0.05) is 18.2 Å². The third-order valence-corrected chi connectivity index (χ3v) is 3.99. The van der Waals surface area contributed by atoms with Gasteiger partial charge in [0.25, 0.3) is 0 Å². The van der Waals surface area contributed by atoms with Crippen LogP contribution in [-0.2, 0) is 9.59 Å². The standard InChI is InChI=1S/C15H19N3O2/c19-14(18-13-6-3-7-16-15(13)20)8-10-9-17-12-5-2-1-4-11(10)12/h1-2,4-5,10,13,17H,3,6-9H2,(H,16,20)(H,18,19). The van der Waals surface area contributed by atoms with E-state index in [0.717, 1.165) is 25.1 Å². The smallest absolute Gasteiger partial charge is 0.242 e. The zero-order chi connectivity index (χ0) is 13.9. The summed E-state index contributed by atoms with van der Waals surface area (Å²) < 4.78 is 0. The van der Waals surface area contributed by atoms with Crippen molar-refractivity contribution in [1.29, 1.82) is 0 Å². The Hall–Kier alpha value is -2.04. The molecule has 1 aromatic carbocycles. The summed E-state index contributed by atoms with van der Waals surface area (Å²) in [6, 6.07) is 7.70. The molecule has 3 N–H and O–H groups in total. The fourth-order valence-corrected chi connectivity index (χ4v) is 2.93.